The van der Waals surface area contributed by atoms with Crippen molar-refractivity contribution in [1.82, 2.24) is 15.0 Å². The Morgan fingerprint density at radius 3 is 1.96 bits per heavy atom. The Bertz CT molecular complexity index is 725. The summed E-state index contributed by atoms with van der Waals surface area (Å²) in [5, 5.41) is 3.20. The number of anilines is 4. The van der Waals surface area contributed by atoms with Crippen LogP contribution in [0.3, 0.4) is 0 Å². The first kappa shape index (κ1) is 16.3. The van der Waals surface area contributed by atoms with E-state index in [0.717, 1.165) is 51.9 Å². The molecule has 0 atom stereocenters. The molecule has 2 saturated heterocycles. The van der Waals surface area contributed by atoms with Gasteiger partial charge in [-0.2, -0.15) is 15.0 Å². The van der Waals surface area contributed by atoms with Crippen LogP contribution >= 0.6 is 11.6 Å². The van der Waals surface area contributed by atoms with Crippen molar-refractivity contribution < 1.29 is 4.39 Å². The molecule has 2 aliphatic rings. The lowest BCUT2D eigenvalue weighted by Gasteiger charge is -2.20. The average Bonchev–Trinajstić information content (AvgIpc) is 3.31. The molecule has 0 radical (unpaired) electrons. The van der Waals surface area contributed by atoms with Gasteiger partial charge < -0.3 is 15.1 Å². The Morgan fingerprint density at radius 2 is 1.44 bits per heavy atom. The number of hydrogen-bond donors (Lipinski definition) is 1. The number of benzene rings is 1. The van der Waals surface area contributed by atoms with Gasteiger partial charge in [0.05, 0.1) is 5.02 Å². The molecular formula is C17H20ClFN6. The molecule has 2 aliphatic heterocycles. The van der Waals surface area contributed by atoms with Crippen LogP contribution < -0.4 is 15.1 Å². The van der Waals surface area contributed by atoms with Crippen LogP contribution in [0.1, 0.15) is 25.7 Å². The first-order valence-electron chi connectivity index (χ1n) is 8.67. The van der Waals surface area contributed by atoms with Crippen LogP contribution in [0.15, 0.2) is 18.2 Å². The second-order valence-electron chi connectivity index (χ2n) is 6.40. The van der Waals surface area contributed by atoms with Gasteiger partial charge in [0.1, 0.15) is 5.82 Å². The minimum absolute atomic E-state index is 0.0681. The van der Waals surface area contributed by atoms with Gasteiger partial charge in [0.15, 0.2) is 0 Å². The van der Waals surface area contributed by atoms with Gasteiger partial charge in [-0.3, -0.25) is 0 Å². The molecule has 1 N–H and O–H groups in total. The summed E-state index contributed by atoms with van der Waals surface area (Å²) in [5.41, 5.74) is 0.650. The van der Waals surface area contributed by atoms with Gasteiger partial charge in [-0.1, -0.05) is 11.6 Å². The molecule has 0 unspecified atom stereocenters. The lowest BCUT2D eigenvalue weighted by atomic mass is 10.3. The maximum absolute atomic E-state index is 13.4. The third-order valence-electron chi connectivity index (χ3n) is 4.57. The van der Waals surface area contributed by atoms with Crippen molar-refractivity contribution >= 4 is 35.1 Å². The van der Waals surface area contributed by atoms with Crippen LogP contribution in [-0.2, 0) is 0 Å². The lowest BCUT2D eigenvalue weighted by Crippen LogP contribution is -2.25. The van der Waals surface area contributed by atoms with Crippen LogP contribution in [0.5, 0.6) is 0 Å². The van der Waals surface area contributed by atoms with Gasteiger partial charge in [-0.15, -0.1) is 0 Å². The third-order valence-corrected chi connectivity index (χ3v) is 4.86. The fourth-order valence-electron chi connectivity index (χ4n) is 3.23. The second kappa shape index (κ2) is 7.00. The highest BCUT2D eigenvalue weighted by Gasteiger charge is 2.21. The van der Waals surface area contributed by atoms with Crippen molar-refractivity contribution in [2.75, 3.05) is 41.3 Å². The Labute approximate surface area is 151 Å². The maximum Gasteiger partial charge on any atom is 0.233 e. The van der Waals surface area contributed by atoms with Crippen molar-refractivity contribution in [2.45, 2.75) is 25.7 Å². The van der Waals surface area contributed by atoms with Gasteiger partial charge in [-0.25, -0.2) is 4.39 Å². The molecule has 4 rings (SSSR count). The number of nitrogens with zero attached hydrogens (tertiary/aromatic N) is 5. The third kappa shape index (κ3) is 3.61. The van der Waals surface area contributed by atoms with E-state index in [4.69, 9.17) is 11.6 Å². The van der Waals surface area contributed by atoms with E-state index in [1.165, 1.54) is 12.1 Å². The largest absolute Gasteiger partial charge is 0.341 e. The van der Waals surface area contributed by atoms with Gasteiger partial charge in [0.25, 0.3) is 0 Å². The first-order valence-corrected chi connectivity index (χ1v) is 9.05. The van der Waals surface area contributed by atoms with E-state index >= 15 is 0 Å². The summed E-state index contributed by atoms with van der Waals surface area (Å²) >= 11 is 5.87. The highest BCUT2D eigenvalue weighted by Crippen LogP contribution is 2.25. The van der Waals surface area contributed by atoms with Crippen LogP contribution in [0.4, 0.5) is 27.9 Å². The van der Waals surface area contributed by atoms with Crippen LogP contribution in [0, 0.1) is 5.82 Å². The highest BCUT2D eigenvalue weighted by molar-refractivity contribution is 6.31. The zero-order chi connectivity index (χ0) is 17.2. The average molecular weight is 363 g/mol. The van der Waals surface area contributed by atoms with Gasteiger partial charge in [0, 0.05) is 31.9 Å². The summed E-state index contributed by atoms with van der Waals surface area (Å²) in [4.78, 5) is 18.2. The van der Waals surface area contributed by atoms with Crippen molar-refractivity contribution in [1.29, 1.82) is 0 Å². The van der Waals surface area contributed by atoms with E-state index < -0.39 is 5.82 Å². The summed E-state index contributed by atoms with van der Waals surface area (Å²) in [6, 6.07) is 4.48. The number of hydrogen-bond acceptors (Lipinski definition) is 6. The predicted molar refractivity (Wildman–Crippen MR) is 97.4 cm³/mol. The Hall–Kier alpha value is -2.15. The summed E-state index contributed by atoms with van der Waals surface area (Å²) in [5.74, 6) is 1.41. The van der Waals surface area contributed by atoms with Crippen LogP contribution in [-0.4, -0.2) is 41.1 Å². The van der Waals surface area contributed by atoms with Gasteiger partial charge >= 0.3 is 0 Å². The molecule has 0 amide bonds. The fraction of sp³-hybridized carbons (Fsp3) is 0.471. The highest BCUT2D eigenvalue weighted by atomic mass is 35.5. The van der Waals surface area contributed by atoms with E-state index in [9.17, 15) is 4.39 Å². The number of halogens is 2. The van der Waals surface area contributed by atoms with Crippen LogP contribution in [0.25, 0.3) is 0 Å². The lowest BCUT2D eigenvalue weighted by molar-refractivity contribution is 0.628. The minimum Gasteiger partial charge on any atom is -0.341 e. The molecule has 0 saturated carbocycles. The standard InChI is InChI=1S/C17H20ClFN6/c18-13-11-12(5-6-14(13)19)20-15-21-16(24-7-1-2-8-24)23-17(22-15)25-9-3-4-10-25/h5-6,11H,1-4,7-10H2,(H,20,21,22,23). The van der Waals surface area contributed by atoms with E-state index in [0.29, 0.717) is 23.5 Å². The summed E-state index contributed by atoms with van der Waals surface area (Å²) in [7, 11) is 0. The molecule has 0 bridgehead atoms. The zero-order valence-corrected chi connectivity index (χ0v) is 14.6. The van der Waals surface area contributed by atoms with Gasteiger partial charge in [-0.05, 0) is 43.9 Å². The molecular weight excluding hydrogens is 343 g/mol. The van der Waals surface area contributed by atoms with E-state index in [-0.39, 0.29) is 5.02 Å². The van der Waals surface area contributed by atoms with E-state index in [2.05, 4.69) is 30.1 Å². The topological polar surface area (TPSA) is 57.2 Å². The van der Waals surface area contributed by atoms with Crippen LogP contribution in [0.2, 0.25) is 5.02 Å². The normalized spacial score (nSPS) is 17.4. The monoisotopic (exact) mass is 362 g/mol. The summed E-state index contributed by atoms with van der Waals surface area (Å²) in [6.07, 6.45) is 4.62. The Morgan fingerprint density at radius 1 is 0.880 bits per heavy atom. The quantitative estimate of drug-likeness (QED) is 0.896. The minimum atomic E-state index is -0.446. The maximum atomic E-state index is 13.4. The van der Waals surface area contributed by atoms with Crippen molar-refractivity contribution in [3.63, 3.8) is 0 Å². The zero-order valence-electron chi connectivity index (χ0n) is 13.9. The first-order chi connectivity index (χ1) is 12.2. The van der Waals surface area contributed by atoms with Crippen molar-refractivity contribution in [3.8, 4) is 0 Å². The molecule has 132 valence electrons. The smallest absolute Gasteiger partial charge is 0.233 e. The molecule has 0 spiro atoms. The van der Waals surface area contributed by atoms with E-state index in [1.807, 2.05) is 0 Å². The summed E-state index contributed by atoms with van der Waals surface area (Å²) in [6.45, 7) is 3.85. The number of nitrogens with one attached hydrogen (secondary N) is 1. The number of aromatic nitrogens is 3. The van der Waals surface area contributed by atoms with Crippen molar-refractivity contribution in [2.24, 2.45) is 0 Å². The summed E-state index contributed by atoms with van der Waals surface area (Å²) < 4.78 is 13.4. The second-order valence-corrected chi connectivity index (χ2v) is 6.81. The predicted octanol–water partition coefficient (Wildman–Crippen LogP) is 3.61. The Balaban J connectivity index is 1.65. The molecule has 8 heteroatoms. The fourth-order valence-corrected chi connectivity index (χ4v) is 3.41. The molecule has 1 aromatic heterocycles. The van der Waals surface area contributed by atoms with Gasteiger partial charge in [0.2, 0.25) is 17.8 Å². The van der Waals surface area contributed by atoms with Crippen molar-refractivity contribution in [3.05, 3.63) is 29.0 Å². The molecule has 25 heavy (non-hydrogen) atoms. The molecule has 0 aliphatic carbocycles. The SMILES string of the molecule is Fc1ccc(Nc2nc(N3CCCC3)nc(N3CCCC3)n2)cc1Cl. The molecule has 2 aromatic rings. The Kier molecular flexibility index (Phi) is 4.57. The molecule has 3 heterocycles. The molecule has 2 fully saturated rings. The van der Waals surface area contributed by atoms with E-state index in [1.54, 1.807) is 6.07 Å². The molecule has 1 aromatic carbocycles. The number of rotatable bonds is 4. The molecule has 6 nitrogen and oxygen atoms in total.